The summed E-state index contributed by atoms with van der Waals surface area (Å²) in [5, 5.41) is 0. The van der Waals surface area contributed by atoms with E-state index in [0.717, 1.165) is 22.3 Å². The van der Waals surface area contributed by atoms with Crippen LogP contribution < -0.4 is 5.73 Å². The predicted molar refractivity (Wildman–Crippen MR) is 68.9 cm³/mol. The van der Waals surface area contributed by atoms with Crippen molar-refractivity contribution in [3.05, 3.63) is 47.5 Å². The maximum absolute atomic E-state index is 11.2. The molecule has 18 heavy (non-hydrogen) atoms. The molecule has 1 aliphatic carbocycles. The fraction of sp³-hybridized carbons (Fsp3) is 0.0769. The van der Waals surface area contributed by atoms with Gasteiger partial charge >= 0.3 is 0 Å². The first-order valence-electron chi connectivity index (χ1n) is 5.45. The zero-order chi connectivity index (χ0) is 12.9. The molecular weight excluding hydrogens is 250 g/mol. The molecule has 2 aromatic rings. The lowest BCUT2D eigenvalue weighted by Crippen LogP contribution is -2.05. The fourth-order valence-corrected chi connectivity index (χ4v) is 3.08. The Balaban J connectivity index is 2.28. The van der Waals surface area contributed by atoms with E-state index in [9.17, 15) is 8.42 Å². The van der Waals surface area contributed by atoms with E-state index in [-0.39, 0.29) is 10.6 Å². The molecule has 0 amide bonds. The maximum atomic E-state index is 11.2. The molecule has 0 saturated carbocycles. The highest BCUT2D eigenvalue weighted by Crippen LogP contribution is 2.41. The molecule has 0 fully saturated rings. The summed E-state index contributed by atoms with van der Waals surface area (Å²) in [6, 6.07) is 10.9. The molecule has 0 bridgehead atoms. The smallest absolute Gasteiger partial charge is 0.296 e. The number of hydrogen-bond acceptors (Lipinski definition) is 3. The molecule has 92 valence electrons. The van der Waals surface area contributed by atoms with Crippen molar-refractivity contribution in [2.75, 3.05) is 5.73 Å². The Morgan fingerprint density at radius 2 is 1.78 bits per heavy atom. The van der Waals surface area contributed by atoms with E-state index in [4.69, 9.17) is 10.3 Å². The number of nitrogens with two attached hydrogens (primary N) is 1. The summed E-state index contributed by atoms with van der Waals surface area (Å²) in [5.41, 5.74) is 9.90. The van der Waals surface area contributed by atoms with Crippen LogP contribution >= 0.6 is 0 Å². The normalized spacial score (nSPS) is 13.2. The van der Waals surface area contributed by atoms with E-state index in [2.05, 4.69) is 0 Å². The van der Waals surface area contributed by atoms with Crippen LogP contribution in [0.3, 0.4) is 0 Å². The fourth-order valence-electron chi connectivity index (χ4n) is 2.44. The first-order valence-corrected chi connectivity index (χ1v) is 6.89. The van der Waals surface area contributed by atoms with Crippen molar-refractivity contribution >= 4 is 15.8 Å². The lowest BCUT2D eigenvalue weighted by molar-refractivity contribution is 0.483. The quantitative estimate of drug-likeness (QED) is 0.519. The van der Waals surface area contributed by atoms with Gasteiger partial charge in [0.05, 0.1) is 5.69 Å². The van der Waals surface area contributed by atoms with Gasteiger partial charge in [-0.05, 0) is 28.3 Å². The largest absolute Gasteiger partial charge is 0.397 e. The lowest BCUT2D eigenvalue weighted by Gasteiger charge is -2.08. The first-order chi connectivity index (χ1) is 8.48. The molecule has 3 rings (SSSR count). The van der Waals surface area contributed by atoms with Crippen molar-refractivity contribution in [3.63, 3.8) is 0 Å². The molecular formula is C13H11NO3S. The second-order valence-corrected chi connectivity index (χ2v) is 5.70. The van der Waals surface area contributed by atoms with E-state index in [0.29, 0.717) is 6.42 Å². The maximum Gasteiger partial charge on any atom is 0.296 e. The first kappa shape index (κ1) is 11.3. The predicted octanol–water partition coefficient (Wildman–Crippen LogP) is 2.09. The number of anilines is 1. The molecule has 2 aromatic carbocycles. The molecule has 0 radical (unpaired) electrons. The Morgan fingerprint density at radius 1 is 1.06 bits per heavy atom. The SMILES string of the molecule is Nc1c(S(=O)(=O)O)ccc2c1Cc1ccccc1-2. The zero-order valence-corrected chi connectivity index (χ0v) is 10.2. The van der Waals surface area contributed by atoms with E-state index >= 15 is 0 Å². The van der Waals surface area contributed by atoms with Crippen molar-refractivity contribution in [1.82, 2.24) is 0 Å². The molecule has 0 aromatic heterocycles. The highest BCUT2D eigenvalue weighted by Gasteiger charge is 2.24. The van der Waals surface area contributed by atoms with Crippen LogP contribution in [0.1, 0.15) is 11.1 Å². The van der Waals surface area contributed by atoms with Crippen molar-refractivity contribution in [1.29, 1.82) is 0 Å². The van der Waals surface area contributed by atoms with E-state index in [1.807, 2.05) is 24.3 Å². The van der Waals surface area contributed by atoms with Gasteiger partial charge in [0.1, 0.15) is 4.90 Å². The Labute approximate surface area is 105 Å². The monoisotopic (exact) mass is 261 g/mol. The molecule has 0 unspecified atom stereocenters. The Morgan fingerprint density at radius 3 is 2.50 bits per heavy atom. The van der Waals surface area contributed by atoms with Crippen LogP contribution in [0, 0.1) is 0 Å². The van der Waals surface area contributed by atoms with Gasteiger partial charge in [-0.15, -0.1) is 0 Å². The third-order valence-corrected chi connectivity index (χ3v) is 4.18. The molecule has 0 aliphatic heterocycles. The number of fused-ring (bicyclic) bond motifs is 3. The van der Waals surface area contributed by atoms with Gasteiger partial charge in [-0.3, -0.25) is 4.55 Å². The van der Waals surface area contributed by atoms with Gasteiger partial charge in [-0.1, -0.05) is 30.3 Å². The number of benzene rings is 2. The molecule has 0 heterocycles. The number of nitrogen functional groups attached to an aromatic ring is 1. The minimum atomic E-state index is -4.27. The summed E-state index contributed by atoms with van der Waals surface area (Å²) >= 11 is 0. The number of rotatable bonds is 1. The van der Waals surface area contributed by atoms with Gasteiger partial charge < -0.3 is 5.73 Å². The Kier molecular flexibility index (Phi) is 2.23. The van der Waals surface area contributed by atoms with E-state index in [1.165, 1.54) is 6.07 Å². The second-order valence-electron chi connectivity index (χ2n) is 4.31. The van der Waals surface area contributed by atoms with Gasteiger partial charge in [0, 0.05) is 6.42 Å². The minimum absolute atomic E-state index is 0.145. The number of hydrogen-bond donors (Lipinski definition) is 2. The second kappa shape index (κ2) is 3.57. The third-order valence-electron chi connectivity index (χ3n) is 3.27. The highest BCUT2D eigenvalue weighted by molar-refractivity contribution is 7.86. The van der Waals surface area contributed by atoms with Gasteiger partial charge in [0.15, 0.2) is 0 Å². The summed E-state index contributed by atoms with van der Waals surface area (Å²) in [5.74, 6) is 0. The van der Waals surface area contributed by atoms with Gasteiger partial charge in [-0.2, -0.15) is 8.42 Å². The summed E-state index contributed by atoms with van der Waals surface area (Å²) in [7, 11) is -4.27. The van der Waals surface area contributed by atoms with Crippen molar-refractivity contribution in [2.24, 2.45) is 0 Å². The van der Waals surface area contributed by atoms with Gasteiger partial charge in [0.25, 0.3) is 10.1 Å². The molecule has 0 spiro atoms. The van der Waals surface area contributed by atoms with Crippen LogP contribution in [0.4, 0.5) is 5.69 Å². The van der Waals surface area contributed by atoms with Crippen molar-refractivity contribution in [2.45, 2.75) is 11.3 Å². The molecule has 0 saturated heterocycles. The summed E-state index contributed by atoms with van der Waals surface area (Å²) in [4.78, 5) is -0.214. The van der Waals surface area contributed by atoms with Crippen LogP contribution in [0.25, 0.3) is 11.1 Å². The van der Waals surface area contributed by atoms with Crippen molar-refractivity contribution < 1.29 is 13.0 Å². The molecule has 3 N–H and O–H groups in total. The lowest BCUT2D eigenvalue weighted by atomic mass is 10.1. The zero-order valence-electron chi connectivity index (χ0n) is 9.42. The summed E-state index contributed by atoms with van der Waals surface area (Å²) in [6.45, 7) is 0. The Bertz CT molecular complexity index is 751. The average molecular weight is 261 g/mol. The van der Waals surface area contributed by atoms with Crippen LogP contribution in [-0.2, 0) is 16.5 Å². The minimum Gasteiger partial charge on any atom is -0.397 e. The van der Waals surface area contributed by atoms with Crippen molar-refractivity contribution in [3.8, 4) is 11.1 Å². The standard InChI is InChI=1S/C13H11NO3S/c14-13-11-7-8-3-1-2-4-9(8)10(11)5-6-12(13)18(15,16)17/h1-6H,7,14H2,(H,15,16,17). The van der Waals surface area contributed by atoms with E-state index in [1.54, 1.807) is 6.07 Å². The van der Waals surface area contributed by atoms with E-state index < -0.39 is 10.1 Å². The third kappa shape index (κ3) is 1.52. The van der Waals surface area contributed by atoms with Gasteiger partial charge in [-0.25, -0.2) is 0 Å². The summed E-state index contributed by atoms with van der Waals surface area (Å²) < 4.78 is 31.5. The molecule has 0 atom stereocenters. The van der Waals surface area contributed by atoms with Crippen LogP contribution in [0.15, 0.2) is 41.3 Å². The Hall–Kier alpha value is -1.85. The highest BCUT2D eigenvalue weighted by atomic mass is 32.2. The topological polar surface area (TPSA) is 80.4 Å². The average Bonchev–Trinajstić information content (AvgIpc) is 2.68. The molecule has 4 nitrogen and oxygen atoms in total. The molecule has 5 heteroatoms. The van der Waals surface area contributed by atoms with Crippen LogP contribution in [0.2, 0.25) is 0 Å². The molecule has 1 aliphatic rings. The van der Waals surface area contributed by atoms with Crippen LogP contribution in [-0.4, -0.2) is 13.0 Å². The summed E-state index contributed by atoms with van der Waals surface area (Å²) in [6.07, 6.45) is 0.598. The van der Waals surface area contributed by atoms with Gasteiger partial charge in [0.2, 0.25) is 0 Å². The van der Waals surface area contributed by atoms with Crippen LogP contribution in [0.5, 0.6) is 0 Å².